The second kappa shape index (κ2) is 9.71. The molecule has 3 heterocycles. The topological polar surface area (TPSA) is 98.7 Å². The third kappa shape index (κ3) is 4.79. The van der Waals surface area contributed by atoms with Gasteiger partial charge in [0, 0.05) is 51.3 Å². The van der Waals surface area contributed by atoms with Gasteiger partial charge in [0.2, 0.25) is 5.91 Å². The van der Waals surface area contributed by atoms with E-state index in [1.54, 1.807) is 7.05 Å². The summed E-state index contributed by atoms with van der Waals surface area (Å²) in [6, 6.07) is 8.19. The summed E-state index contributed by atoms with van der Waals surface area (Å²) in [5.74, 6) is 2.02. The smallest absolute Gasteiger partial charge is 0.225 e. The molecule has 0 bridgehead atoms. The first-order valence-electron chi connectivity index (χ1n) is 10.5. The molecule has 2 fully saturated rings. The number of aromatic nitrogens is 3. The molecule has 0 spiro atoms. The molecule has 0 radical (unpaired) electrons. The molecule has 30 heavy (non-hydrogen) atoms. The summed E-state index contributed by atoms with van der Waals surface area (Å²) in [5.41, 5.74) is 2.15. The zero-order valence-corrected chi connectivity index (χ0v) is 17.4. The molecule has 1 amide bonds. The lowest BCUT2D eigenvalue weighted by Gasteiger charge is -2.36. The van der Waals surface area contributed by atoms with Crippen molar-refractivity contribution in [3.63, 3.8) is 0 Å². The van der Waals surface area contributed by atoms with Crippen LogP contribution in [0.5, 0.6) is 0 Å². The second-order valence-corrected chi connectivity index (χ2v) is 7.63. The third-order valence-corrected chi connectivity index (χ3v) is 5.74. The van der Waals surface area contributed by atoms with Crippen molar-refractivity contribution in [2.45, 2.75) is 19.4 Å². The number of ether oxygens (including phenoxy) is 1. The van der Waals surface area contributed by atoms with Gasteiger partial charge in [0.05, 0.1) is 13.2 Å². The predicted molar refractivity (Wildman–Crippen MR) is 114 cm³/mol. The fourth-order valence-corrected chi connectivity index (χ4v) is 4.07. The molecule has 2 N–H and O–H groups in total. The molecule has 2 saturated heterocycles. The number of morpholine rings is 1. The van der Waals surface area contributed by atoms with Crippen LogP contribution in [0.2, 0.25) is 0 Å². The summed E-state index contributed by atoms with van der Waals surface area (Å²) in [4.78, 5) is 25.6. The van der Waals surface area contributed by atoms with Crippen LogP contribution in [-0.2, 0) is 16.1 Å². The van der Waals surface area contributed by atoms with Crippen molar-refractivity contribution in [3.8, 4) is 11.4 Å². The Balaban J connectivity index is 1.29. The number of aromatic amines is 1. The number of piperidine rings is 1. The molecule has 1 aromatic carbocycles. The quantitative estimate of drug-likeness (QED) is 0.578. The average molecular weight is 412 g/mol. The summed E-state index contributed by atoms with van der Waals surface area (Å²) < 4.78 is 5.36. The van der Waals surface area contributed by atoms with Gasteiger partial charge in [-0.1, -0.05) is 18.2 Å². The van der Waals surface area contributed by atoms with E-state index in [0.717, 1.165) is 61.9 Å². The summed E-state index contributed by atoms with van der Waals surface area (Å²) in [6.07, 6.45) is 3.23. The Labute approximate surface area is 176 Å². The molecule has 2 aliphatic heterocycles. The van der Waals surface area contributed by atoms with Crippen LogP contribution in [0.15, 0.2) is 35.6 Å². The van der Waals surface area contributed by atoms with E-state index in [2.05, 4.69) is 42.5 Å². The van der Waals surface area contributed by atoms with E-state index in [1.807, 2.05) is 17.0 Å². The summed E-state index contributed by atoms with van der Waals surface area (Å²) in [5, 5.41) is 10.3. The number of rotatable bonds is 4. The molecule has 0 unspecified atom stereocenters. The SMILES string of the molecule is CN=C(NCc1cccc(-c2ncn[nH]2)c1)N1CCC(C(=O)N2CCOCC2)CC1. The van der Waals surface area contributed by atoms with Crippen molar-refractivity contribution in [1.29, 1.82) is 0 Å². The Morgan fingerprint density at radius 3 is 2.73 bits per heavy atom. The Morgan fingerprint density at radius 1 is 1.23 bits per heavy atom. The number of amides is 1. The first-order valence-corrected chi connectivity index (χ1v) is 10.5. The lowest BCUT2D eigenvalue weighted by Crippen LogP contribution is -2.49. The zero-order valence-electron chi connectivity index (χ0n) is 17.4. The molecule has 0 aliphatic carbocycles. The highest BCUT2D eigenvalue weighted by Gasteiger charge is 2.30. The molecule has 2 aliphatic rings. The molecule has 9 heteroatoms. The van der Waals surface area contributed by atoms with E-state index in [1.165, 1.54) is 6.33 Å². The minimum atomic E-state index is 0.107. The van der Waals surface area contributed by atoms with Crippen molar-refractivity contribution in [3.05, 3.63) is 36.2 Å². The van der Waals surface area contributed by atoms with E-state index < -0.39 is 0 Å². The van der Waals surface area contributed by atoms with Crippen LogP contribution in [0.1, 0.15) is 18.4 Å². The monoisotopic (exact) mass is 411 g/mol. The normalized spacial score (nSPS) is 18.5. The first kappa shape index (κ1) is 20.3. The van der Waals surface area contributed by atoms with Gasteiger partial charge in [-0.2, -0.15) is 5.10 Å². The van der Waals surface area contributed by atoms with Gasteiger partial charge >= 0.3 is 0 Å². The van der Waals surface area contributed by atoms with Crippen molar-refractivity contribution >= 4 is 11.9 Å². The minimum absolute atomic E-state index is 0.107. The molecule has 1 aromatic heterocycles. The number of carbonyl (C=O) groups is 1. The van der Waals surface area contributed by atoms with Gasteiger partial charge in [-0.3, -0.25) is 14.9 Å². The van der Waals surface area contributed by atoms with Gasteiger partial charge in [0.15, 0.2) is 11.8 Å². The van der Waals surface area contributed by atoms with E-state index >= 15 is 0 Å². The number of likely N-dealkylation sites (tertiary alicyclic amines) is 1. The third-order valence-electron chi connectivity index (χ3n) is 5.74. The zero-order chi connectivity index (χ0) is 20.8. The van der Waals surface area contributed by atoms with E-state index in [4.69, 9.17) is 4.74 Å². The fourth-order valence-electron chi connectivity index (χ4n) is 4.07. The molecule has 160 valence electrons. The van der Waals surface area contributed by atoms with Gasteiger partial charge in [0.25, 0.3) is 0 Å². The Kier molecular flexibility index (Phi) is 6.58. The molecule has 9 nitrogen and oxygen atoms in total. The first-order chi connectivity index (χ1) is 14.7. The minimum Gasteiger partial charge on any atom is -0.378 e. The Hall–Kier alpha value is -2.94. The van der Waals surface area contributed by atoms with Crippen LogP contribution in [0.3, 0.4) is 0 Å². The number of hydrogen-bond acceptors (Lipinski definition) is 5. The van der Waals surface area contributed by atoms with Crippen LogP contribution >= 0.6 is 0 Å². The highest BCUT2D eigenvalue weighted by molar-refractivity contribution is 5.82. The lowest BCUT2D eigenvalue weighted by molar-refractivity contribution is -0.140. The fraction of sp³-hybridized carbons (Fsp3) is 0.524. The van der Waals surface area contributed by atoms with Gasteiger partial charge < -0.3 is 19.9 Å². The van der Waals surface area contributed by atoms with Crippen molar-refractivity contribution in [1.82, 2.24) is 30.3 Å². The number of benzene rings is 1. The number of nitrogens with zero attached hydrogens (tertiary/aromatic N) is 5. The van der Waals surface area contributed by atoms with Crippen LogP contribution in [-0.4, -0.2) is 83.3 Å². The number of guanidine groups is 1. The molecule has 4 rings (SSSR count). The van der Waals surface area contributed by atoms with Gasteiger partial charge in [-0.15, -0.1) is 0 Å². The van der Waals surface area contributed by atoms with E-state index in [0.29, 0.717) is 19.8 Å². The van der Waals surface area contributed by atoms with Crippen LogP contribution in [0.4, 0.5) is 0 Å². The highest BCUT2D eigenvalue weighted by atomic mass is 16.5. The second-order valence-electron chi connectivity index (χ2n) is 7.63. The molecule has 0 saturated carbocycles. The molecular weight excluding hydrogens is 382 g/mol. The standard InChI is InChI=1S/C21H29N7O2/c1-22-21(23-14-16-3-2-4-18(13-16)19-24-15-25-26-19)28-7-5-17(6-8-28)20(29)27-9-11-30-12-10-27/h2-4,13,15,17H,5-12,14H2,1H3,(H,22,23)(H,24,25,26). The maximum absolute atomic E-state index is 12.7. The van der Waals surface area contributed by atoms with E-state index in [-0.39, 0.29) is 11.8 Å². The Morgan fingerprint density at radius 2 is 2.03 bits per heavy atom. The number of hydrogen-bond donors (Lipinski definition) is 2. The van der Waals surface area contributed by atoms with Crippen molar-refractivity contribution in [2.75, 3.05) is 46.4 Å². The summed E-state index contributed by atoms with van der Waals surface area (Å²) >= 11 is 0. The maximum atomic E-state index is 12.7. The maximum Gasteiger partial charge on any atom is 0.225 e. The van der Waals surface area contributed by atoms with Gasteiger partial charge in [-0.25, -0.2) is 4.98 Å². The predicted octanol–water partition coefficient (Wildman–Crippen LogP) is 1.12. The van der Waals surface area contributed by atoms with Gasteiger partial charge in [0.1, 0.15) is 6.33 Å². The molecule has 2 aromatic rings. The van der Waals surface area contributed by atoms with Crippen molar-refractivity contribution in [2.24, 2.45) is 10.9 Å². The molecule has 0 atom stereocenters. The summed E-state index contributed by atoms with van der Waals surface area (Å²) in [6.45, 7) is 5.07. The van der Waals surface area contributed by atoms with Gasteiger partial charge in [-0.05, 0) is 24.5 Å². The number of nitrogens with one attached hydrogen (secondary N) is 2. The number of H-pyrrole nitrogens is 1. The van der Waals surface area contributed by atoms with Crippen LogP contribution < -0.4 is 5.32 Å². The largest absolute Gasteiger partial charge is 0.378 e. The van der Waals surface area contributed by atoms with Crippen LogP contribution in [0.25, 0.3) is 11.4 Å². The van der Waals surface area contributed by atoms with E-state index in [9.17, 15) is 4.79 Å². The molecular formula is C21H29N7O2. The number of carbonyl (C=O) groups excluding carboxylic acids is 1. The Bertz CT molecular complexity index is 854. The van der Waals surface area contributed by atoms with Crippen LogP contribution in [0, 0.1) is 5.92 Å². The average Bonchev–Trinajstić information content (AvgIpc) is 3.35. The van der Waals surface area contributed by atoms with Crippen molar-refractivity contribution < 1.29 is 9.53 Å². The summed E-state index contributed by atoms with van der Waals surface area (Å²) in [7, 11) is 1.80. The number of aliphatic imine (C=N–C) groups is 1. The highest BCUT2D eigenvalue weighted by Crippen LogP contribution is 2.21. The lowest BCUT2D eigenvalue weighted by atomic mass is 9.95.